The molecule has 0 amide bonds. The van der Waals surface area contributed by atoms with E-state index in [2.05, 4.69) is 10.6 Å². The minimum atomic E-state index is 0.745. The molecule has 90 valence electrons. The van der Waals surface area contributed by atoms with Gasteiger partial charge in [-0.25, -0.2) is 0 Å². The third-order valence-electron chi connectivity index (χ3n) is 2.36. The Morgan fingerprint density at radius 2 is 1.94 bits per heavy atom. The third kappa shape index (κ3) is 5.17. The predicted octanol–water partition coefficient (Wildman–Crippen LogP) is 2.74. The molecule has 0 saturated heterocycles. The summed E-state index contributed by atoms with van der Waals surface area (Å²) in [7, 11) is 1.96. The van der Waals surface area contributed by atoms with Crippen molar-refractivity contribution in [3.63, 3.8) is 0 Å². The summed E-state index contributed by atoms with van der Waals surface area (Å²) in [5.41, 5.74) is 1.11. The van der Waals surface area contributed by atoms with E-state index in [1.54, 1.807) is 0 Å². The van der Waals surface area contributed by atoms with Crippen molar-refractivity contribution in [3.8, 4) is 0 Å². The van der Waals surface area contributed by atoms with Crippen LogP contribution in [0.1, 0.15) is 12.0 Å². The smallest absolute Gasteiger partial charge is 0.0439 e. The van der Waals surface area contributed by atoms with Crippen molar-refractivity contribution in [3.05, 3.63) is 33.8 Å². The van der Waals surface area contributed by atoms with Gasteiger partial charge in [-0.1, -0.05) is 23.2 Å². The number of hydrogen-bond donors (Lipinski definition) is 2. The second-order valence-corrected chi connectivity index (χ2v) is 4.54. The van der Waals surface area contributed by atoms with Crippen molar-refractivity contribution in [1.29, 1.82) is 0 Å². The van der Waals surface area contributed by atoms with Crippen LogP contribution in [0.5, 0.6) is 0 Å². The normalized spacial score (nSPS) is 10.7. The molecule has 1 aromatic rings. The van der Waals surface area contributed by atoms with E-state index in [4.69, 9.17) is 23.2 Å². The fourth-order valence-corrected chi connectivity index (χ4v) is 1.88. The van der Waals surface area contributed by atoms with Crippen molar-refractivity contribution < 1.29 is 0 Å². The van der Waals surface area contributed by atoms with Crippen LogP contribution in [0, 0.1) is 0 Å². The van der Waals surface area contributed by atoms with Crippen LogP contribution in [0.2, 0.25) is 10.0 Å². The van der Waals surface area contributed by atoms with E-state index in [0.717, 1.165) is 48.1 Å². The van der Waals surface area contributed by atoms with Gasteiger partial charge in [0.05, 0.1) is 0 Å². The molecule has 0 spiro atoms. The van der Waals surface area contributed by atoms with Crippen molar-refractivity contribution >= 4 is 23.2 Å². The van der Waals surface area contributed by atoms with E-state index in [0.29, 0.717) is 0 Å². The molecule has 16 heavy (non-hydrogen) atoms. The zero-order chi connectivity index (χ0) is 11.8. The summed E-state index contributed by atoms with van der Waals surface area (Å²) < 4.78 is 0. The van der Waals surface area contributed by atoms with Crippen molar-refractivity contribution in [2.75, 3.05) is 26.7 Å². The fraction of sp³-hybridized carbons (Fsp3) is 0.500. The summed E-state index contributed by atoms with van der Waals surface area (Å²) >= 11 is 12.0. The fourth-order valence-electron chi connectivity index (χ4n) is 1.47. The zero-order valence-corrected chi connectivity index (χ0v) is 11.0. The number of benzene rings is 1. The standard InChI is InChI=1S/C12H18Cl2N2/c1-15-6-2-7-16-8-5-10-9-11(13)3-4-12(10)14/h3-4,9,15-16H,2,5-8H2,1H3. The molecular formula is C12H18Cl2N2. The zero-order valence-electron chi connectivity index (χ0n) is 9.52. The largest absolute Gasteiger partial charge is 0.320 e. The quantitative estimate of drug-likeness (QED) is 0.737. The summed E-state index contributed by atoms with van der Waals surface area (Å²) in [6.07, 6.45) is 2.05. The molecule has 0 fully saturated rings. The molecule has 0 aliphatic rings. The molecule has 2 nitrogen and oxygen atoms in total. The Bertz CT molecular complexity index is 316. The second-order valence-electron chi connectivity index (χ2n) is 3.69. The first-order chi connectivity index (χ1) is 7.74. The van der Waals surface area contributed by atoms with Crippen LogP contribution in [0.4, 0.5) is 0 Å². The van der Waals surface area contributed by atoms with Crippen LogP contribution in [-0.4, -0.2) is 26.7 Å². The Morgan fingerprint density at radius 1 is 1.12 bits per heavy atom. The van der Waals surface area contributed by atoms with Crippen LogP contribution in [-0.2, 0) is 6.42 Å². The van der Waals surface area contributed by atoms with Gasteiger partial charge in [0.25, 0.3) is 0 Å². The predicted molar refractivity (Wildman–Crippen MR) is 71.6 cm³/mol. The SMILES string of the molecule is CNCCCNCCc1cc(Cl)ccc1Cl. The molecule has 0 radical (unpaired) electrons. The van der Waals surface area contributed by atoms with Crippen LogP contribution < -0.4 is 10.6 Å². The molecule has 0 bridgehead atoms. The topological polar surface area (TPSA) is 24.1 Å². The number of nitrogens with one attached hydrogen (secondary N) is 2. The van der Waals surface area contributed by atoms with E-state index in [1.165, 1.54) is 0 Å². The lowest BCUT2D eigenvalue weighted by Crippen LogP contribution is -2.22. The average molecular weight is 261 g/mol. The first-order valence-electron chi connectivity index (χ1n) is 5.53. The van der Waals surface area contributed by atoms with Crippen LogP contribution in [0.25, 0.3) is 0 Å². The van der Waals surface area contributed by atoms with E-state index < -0.39 is 0 Å². The van der Waals surface area contributed by atoms with Gasteiger partial charge < -0.3 is 10.6 Å². The molecule has 1 aromatic carbocycles. The Morgan fingerprint density at radius 3 is 2.69 bits per heavy atom. The summed E-state index contributed by atoms with van der Waals surface area (Å²) in [5, 5.41) is 8.03. The first kappa shape index (κ1) is 13.8. The average Bonchev–Trinajstić information content (AvgIpc) is 2.28. The van der Waals surface area contributed by atoms with Crippen LogP contribution in [0.3, 0.4) is 0 Å². The molecule has 4 heteroatoms. The lowest BCUT2D eigenvalue weighted by atomic mass is 10.1. The molecule has 0 aliphatic carbocycles. The van der Waals surface area contributed by atoms with E-state index in [-0.39, 0.29) is 0 Å². The van der Waals surface area contributed by atoms with Gasteiger partial charge in [0, 0.05) is 10.0 Å². The molecule has 0 unspecified atom stereocenters. The van der Waals surface area contributed by atoms with Crippen LogP contribution in [0.15, 0.2) is 18.2 Å². The number of hydrogen-bond acceptors (Lipinski definition) is 2. The molecule has 0 heterocycles. The highest BCUT2D eigenvalue weighted by Crippen LogP contribution is 2.20. The maximum absolute atomic E-state index is 6.06. The van der Waals surface area contributed by atoms with E-state index in [9.17, 15) is 0 Å². The van der Waals surface area contributed by atoms with Crippen LogP contribution >= 0.6 is 23.2 Å². The summed E-state index contributed by atoms with van der Waals surface area (Å²) in [6.45, 7) is 3.01. The Balaban J connectivity index is 2.23. The molecule has 0 aromatic heterocycles. The Hall–Kier alpha value is -0.280. The molecule has 1 rings (SSSR count). The maximum atomic E-state index is 6.06. The highest BCUT2D eigenvalue weighted by molar-refractivity contribution is 6.33. The van der Waals surface area contributed by atoms with Crippen molar-refractivity contribution in [2.24, 2.45) is 0 Å². The van der Waals surface area contributed by atoms with Gasteiger partial charge in [-0.3, -0.25) is 0 Å². The lowest BCUT2D eigenvalue weighted by Gasteiger charge is -2.06. The minimum absolute atomic E-state index is 0.745. The summed E-state index contributed by atoms with van der Waals surface area (Å²) in [6, 6.07) is 5.59. The lowest BCUT2D eigenvalue weighted by molar-refractivity contribution is 0.625. The van der Waals surface area contributed by atoms with Crippen molar-refractivity contribution in [2.45, 2.75) is 12.8 Å². The van der Waals surface area contributed by atoms with Gasteiger partial charge in [-0.15, -0.1) is 0 Å². The molecule has 0 atom stereocenters. The first-order valence-corrected chi connectivity index (χ1v) is 6.29. The monoisotopic (exact) mass is 260 g/mol. The minimum Gasteiger partial charge on any atom is -0.320 e. The summed E-state index contributed by atoms with van der Waals surface area (Å²) in [5.74, 6) is 0. The molecule has 0 saturated carbocycles. The third-order valence-corrected chi connectivity index (χ3v) is 2.96. The van der Waals surface area contributed by atoms with Gasteiger partial charge in [-0.05, 0) is 63.3 Å². The van der Waals surface area contributed by atoms with E-state index in [1.807, 2.05) is 25.2 Å². The highest BCUT2D eigenvalue weighted by atomic mass is 35.5. The molecule has 2 N–H and O–H groups in total. The van der Waals surface area contributed by atoms with Gasteiger partial charge >= 0.3 is 0 Å². The van der Waals surface area contributed by atoms with Crippen molar-refractivity contribution in [1.82, 2.24) is 10.6 Å². The summed E-state index contributed by atoms with van der Waals surface area (Å²) in [4.78, 5) is 0. The molecule has 0 aliphatic heterocycles. The second kappa shape index (κ2) is 7.91. The number of rotatable bonds is 7. The molecular weight excluding hydrogens is 243 g/mol. The van der Waals surface area contributed by atoms with Gasteiger partial charge in [0.2, 0.25) is 0 Å². The number of halogens is 2. The van der Waals surface area contributed by atoms with Gasteiger partial charge in [-0.2, -0.15) is 0 Å². The van der Waals surface area contributed by atoms with Gasteiger partial charge in [0.1, 0.15) is 0 Å². The maximum Gasteiger partial charge on any atom is 0.0439 e. The Kier molecular flexibility index (Phi) is 6.81. The van der Waals surface area contributed by atoms with E-state index >= 15 is 0 Å². The van der Waals surface area contributed by atoms with Gasteiger partial charge in [0.15, 0.2) is 0 Å². The highest BCUT2D eigenvalue weighted by Gasteiger charge is 2.00. The Labute approximate surface area is 107 Å².